The zero-order valence-corrected chi connectivity index (χ0v) is 13.8. The third kappa shape index (κ3) is 4.41. The number of carboxylic acid groups (broad SMARTS) is 1. The first-order chi connectivity index (χ1) is 12.5. The molecular formula is C18H18N2O6. The van der Waals surface area contributed by atoms with Gasteiger partial charge < -0.3 is 24.9 Å². The topological polar surface area (TPSA) is 118 Å². The van der Waals surface area contributed by atoms with Gasteiger partial charge in [-0.15, -0.1) is 0 Å². The molecule has 0 saturated heterocycles. The minimum absolute atomic E-state index is 0.119. The number of nitrogens with one attached hydrogen (secondary N) is 2. The lowest BCUT2D eigenvalue weighted by Gasteiger charge is -2.32. The van der Waals surface area contributed by atoms with Crippen LogP contribution in [-0.2, 0) is 9.59 Å². The van der Waals surface area contributed by atoms with Gasteiger partial charge in [0.05, 0.1) is 12.2 Å². The molecule has 0 atom stereocenters. The van der Waals surface area contributed by atoms with Gasteiger partial charge in [0.15, 0.2) is 12.4 Å². The number of anilines is 1. The van der Waals surface area contributed by atoms with Gasteiger partial charge in [0.1, 0.15) is 5.75 Å². The van der Waals surface area contributed by atoms with E-state index in [1.807, 2.05) is 0 Å². The van der Waals surface area contributed by atoms with Crippen LogP contribution in [0.4, 0.5) is 5.69 Å². The summed E-state index contributed by atoms with van der Waals surface area (Å²) in [7, 11) is 0. The highest BCUT2D eigenvalue weighted by molar-refractivity contribution is 6.02. The third-order valence-corrected chi connectivity index (χ3v) is 4.06. The second-order valence-corrected chi connectivity index (χ2v) is 6.02. The molecule has 0 bridgehead atoms. The predicted molar refractivity (Wildman–Crippen MR) is 90.9 cm³/mol. The number of furan rings is 1. The van der Waals surface area contributed by atoms with E-state index < -0.39 is 5.97 Å². The Morgan fingerprint density at radius 2 is 2.00 bits per heavy atom. The quantitative estimate of drug-likeness (QED) is 0.696. The van der Waals surface area contributed by atoms with E-state index in [4.69, 9.17) is 14.3 Å². The van der Waals surface area contributed by atoms with Gasteiger partial charge >= 0.3 is 5.97 Å². The molecule has 26 heavy (non-hydrogen) atoms. The van der Waals surface area contributed by atoms with Crippen LogP contribution in [0.25, 0.3) is 0 Å². The average Bonchev–Trinajstić information content (AvgIpc) is 3.10. The van der Waals surface area contributed by atoms with Gasteiger partial charge in [0.2, 0.25) is 0 Å². The normalized spacial score (nSPS) is 18.5. The first kappa shape index (κ1) is 17.5. The molecule has 1 aromatic carbocycles. The fourth-order valence-corrected chi connectivity index (χ4v) is 2.62. The smallest absolute Gasteiger partial charge is 0.306 e. The Bertz CT molecular complexity index is 796. The van der Waals surface area contributed by atoms with Crippen LogP contribution >= 0.6 is 0 Å². The van der Waals surface area contributed by atoms with Crippen molar-refractivity contribution in [3.05, 3.63) is 48.4 Å². The monoisotopic (exact) mass is 358 g/mol. The van der Waals surface area contributed by atoms with Crippen LogP contribution in [0.1, 0.15) is 23.4 Å². The zero-order chi connectivity index (χ0) is 18.5. The molecule has 0 aliphatic heterocycles. The van der Waals surface area contributed by atoms with Crippen molar-refractivity contribution < 1.29 is 28.6 Å². The van der Waals surface area contributed by atoms with Crippen LogP contribution in [0.5, 0.6) is 5.75 Å². The Hall–Kier alpha value is -3.29. The van der Waals surface area contributed by atoms with Gasteiger partial charge in [-0.05, 0) is 37.1 Å². The van der Waals surface area contributed by atoms with Crippen molar-refractivity contribution in [1.29, 1.82) is 0 Å². The van der Waals surface area contributed by atoms with E-state index in [-0.39, 0.29) is 36.1 Å². The number of aliphatic carboxylic acids is 1. The van der Waals surface area contributed by atoms with Crippen molar-refractivity contribution in [3.8, 4) is 5.75 Å². The SMILES string of the molecule is O=C(COc1cccc(NC(=O)c2ccco2)c1)NC1CC(C(=O)O)C1. The molecule has 1 aromatic heterocycles. The molecule has 1 aliphatic carbocycles. The summed E-state index contributed by atoms with van der Waals surface area (Å²) in [4.78, 5) is 34.5. The Labute approximate surface area is 149 Å². The summed E-state index contributed by atoms with van der Waals surface area (Å²) < 4.78 is 10.4. The van der Waals surface area contributed by atoms with E-state index in [1.165, 1.54) is 6.26 Å². The number of ether oxygens (including phenoxy) is 1. The molecule has 8 heteroatoms. The summed E-state index contributed by atoms with van der Waals surface area (Å²) in [5, 5.41) is 14.2. The molecule has 1 saturated carbocycles. The Morgan fingerprint density at radius 3 is 2.69 bits per heavy atom. The summed E-state index contributed by atoms with van der Waals surface area (Å²) in [5.41, 5.74) is 0.507. The highest BCUT2D eigenvalue weighted by Gasteiger charge is 2.35. The Balaban J connectivity index is 1.46. The van der Waals surface area contributed by atoms with E-state index in [9.17, 15) is 14.4 Å². The number of benzene rings is 1. The molecule has 2 aromatic rings. The number of amides is 2. The van der Waals surface area contributed by atoms with Crippen molar-refractivity contribution in [1.82, 2.24) is 5.32 Å². The standard InChI is InChI=1S/C18H18N2O6/c21-16(19-13-7-11(8-13)18(23)24)10-26-14-4-1-3-12(9-14)20-17(22)15-5-2-6-25-15/h1-6,9,11,13H,7-8,10H2,(H,19,21)(H,20,22)(H,23,24). The molecule has 0 radical (unpaired) electrons. The summed E-state index contributed by atoms with van der Waals surface area (Å²) in [6.07, 6.45) is 2.29. The highest BCUT2D eigenvalue weighted by atomic mass is 16.5. The summed E-state index contributed by atoms with van der Waals surface area (Å²) in [6.45, 7) is -0.191. The molecule has 3 rings (SSSR count). The van der Waals surface area contributed by atoms with Crippen LogP contribution in [0.3, 0.4) is 0 Å². The van der Waals surface area contributed by atoms with Gasteiger partial charge in [0, 0.05) is 17.8 Å². The molecular weight excluding hydrogens is 340 g/mol. The molecule has 0 spiro atoms. The molecule has 1 fully saturated rings. The van der Waals surface area contributed by atoms with E-state index in [1.54, 1.807) is 36.4 Å². The van der Waals surface area contributed by atoms with Crippen LogP contribution in [0.15, 0.2) is 47.1 Å². The summed E-state index contributed by atoms with van der Waals surface area (Å²) in [6, 6.07) is 9.69. The Morgan fingerprint density at radius 1 is 1.19 bits per heavy atom. The van der Waals surface area contributed by atoms with Crippen molar-refractivity contribution in [2.24, 2.45) is 5.92 Å². The number of hydrogen-bond acceptors (Lipinski definition) is 5. The van der Waals surface area contributed by atoms with Crippen LogP contribution in [-0.4, -0.2) is 35.5 Å². The second-order valence-electron chi connectivity index (χ2n) is 6.02. The lowest BCUT2D eigenvalue weighted by atomic mass is 9.80. The predicted octanol–water partition coefficient (Wildman–Crippen LogP) is 1.89. The van der Waals surface area contributed by atoms with Crippen molar-refractivity contribution in [2.45, 2.75) is 18.9 Å². The number of carboxylic acids is 1. The largest absolute Gasteiger partial charge is 0.484 e. The van der Waals surface area contributed by atoms with Gasteiger partial charge in [-0.3, -0.25) is 14.4 Å². The Kier molecular flexibility index (Phi) is 5.21. The lowest BCUT2D eigenvalue weighted by Crippen LogP contribution is -2.48. The number of hydrogen-bond donors (Lipinski definition) is 3. The molecule has 1 aliphatic rings. The molecule has 136 valence electrons. The molecule has 0 unspecified atom stereocenters. The van der Waals surface area contributed by atoms with E-state index in [0.717, 1.165) is 0 Å². The van der Waals surface area contributed by atoms with Gasteiger partial charge in [-0.25, -0.2) is 0 Å². The summed E-state index contributed by atoms with van der Waals surface area (Å²) >= 11 is 0. The summed E-state index contributed by atoms with van der Waals surface area (Å²) in [5.74, 6) is -1.30. The zero-order valence-electron chi connectivity index (χ0n) is 13.8. The fraction of sp³-hybridized carbons (Fsp3) is 0.278. The van der Waals surface area contributed by atoms with E-state index >= 15 is 0 Å². The van der Waals surface area contributed by atoms with Crippen LogP contribution in [0, 0.1) is 5.92 Å². The molecule has 2 amide bonds. The fourth-order valence-electron chi connectivity index (χ4n) is 2.62. The minimum Gasteiger partial charge on any atom is -0.484 e. The van der Waals surface area contributed by atoms with Crippen LogP contribution in [0.2, 0.25) is 0 Å². The van der Waals surface area contributed by atoms with Crippen molar-refractivity contribution in [3.63, 3.8) is 0 Å². The van der Waals surface area contributed by atoms with Gasteiger partial charge in [-0.1, -0.05) is 6.07 Å². The maximum absolute atomic E-state index is 11.9. The van der Waals surface area contributed by atoms with Crippen LogP contribution < -0.4 is 15.4 Å². The number of carbonyl (C=O) groups excluding carboxylic acids is 2. The molecule has 1 heterocycles. The van der Waals surface area contributed by atoms with E-state index in [0.29, 0.717) is 24.3 Å². The maximum atomic E-state index is 11.9. The second kappa shape index (κ2) is 7.73. The minimum atomic E-state index is -0.833. The number of carbonyl (C=O) groups is 3. The average molecular weight is 358 g/mol. The molecule has 3 N–H and O–H groups in total. The van der Waals surface area contributed by atoms with E-state index in [2.05, 4.69) is 10.6 Å². The first-order valence-electron chi connectivity index (χ1n) is 8.11. The van der Waals surface area contributed by atoms with Gasteiger partial charge in [0.25, 0.3) is 11.8 Å². The highest BCUT2D eigenvalue weighted by Crippen LogP contribution is 2.27. The van der Waals surface area contributed by atoms with Crippen molar-refractivity contribution in [2.75, 3.05) is 11.9 Å². The third-order valence-electron chi connectivity index (χ3n) is 4.06. The maximum Gasteiger partial charge on any atom is 0.306 e. The lowest BCUT2D eigenvalue weighted by molar-refractivity contribution is -0.146. The number of rotatable bonds is 7. The first-order valence-corrected chi connectivity index (χ1v) is 8.11. The van der Waals surface area contributed by atoms with Gasteiger partial charge in [-0.2, -0.15) is 0 Å². The van der Waals surface area contributed by atoms with Crippen molar-refractivity contribution >= 4 is 23.5 Å². The molecule has 8 nitrogen and oxygen atoms in total.